The number of hydrogen-bond donors (Lipinski definition) is 4. The Balaban J connectivity index is 1.92. The van der Waals surface area contributed by atoms with Crippen LogP contribution >= 0.6 is 0 Å². The molecule has 0 aliphatic carbocycles. The Hall–Kier alpha value is -3.68. The molecule has 3 aromatic rings. The number of carbonyl (C=O) groups excluding carboxylic acids is 2. The van der Waals surface area contributed by atoms with E-state index in [0.717, 1.165) is 16.9 Å². The predicted molar refractivity (Wildman–Crippen MR) is 132 cm³/mol. The quantitative estimate of drug-likeness (QED) is 0.351. The fraction of sp³-hybridized carbons (Fsp3) is 0.259. The first-order chi connectivity index (χ1) is 16.4. The molecule has 2 atom stereocenters. The van der Waals surface area contributed by atoms with Crippen LogP contribution in [0.15, 0.2) is 72.8 Å². The summed E-state index contributed by atoms with van der Waals surface area (Å²) in [5.41, 5.74) is 8.67. The molecule has 0 unspecified atom stereocenters. The summed E-state index contributed by atoms with van der Waals surface area (Å²) in [6.07, 6.45) is -0.466. The number of aliphatic hydroxyl groups is 1. The van der Waals surface area contributed by atoms with Gasteiger partial charge in [-0.2, -0.15) is 0 Å². The number of carbonyl (C=O) groups is 2. The van der Waals surface area contributed by atoms with E-state index in [1.807, 2.05) is 54.6 Å². The smallest absolute Gasteiger partial charge is 0.251 e. The summed E-state index contributed by atoms with van der Waals surface area (Å²) in [5.74, 6) is -0.772. The first-order valence-electron chi connectivity index (χ1n) is 11.1. The van der Waals surface area contributed by atoms with Crippen molar-refractivity contribution in [2.75, 3.05) is 20.7 Å². The molecule has 34 heavy (non-hydrogen) atoms. The van der Waals surface area contributed by atoms with Gasteiger partial charge in [0.05, 0.1) is 13.2 Å². The van der Waals surface area contributed by atoms with Gasteiger partial charge in [0.1, 0.15) is 5.75 Å². The van der Waals surface area contributed by atoms with Crippen LogP contribution in [0.4, 0.5) is 0 Å². The largest absolute Gasteiger partial charge is 0.497 e. The normalized spacial score (nSPS) is 12.6. The van der Waals surface area contributed by atoms with Gasteiger partial charge in [0.2, 0.25) is 5.91 Å². The molecule has 0 spiro atoms. The van der Waals surface area contributed by atoms with Crippen molar-refractivity contribution in [2.24, 2.45) is 5.73 Å². The number of benzene rings is 3. The van der Waals surface area contributed by atoms with Gasteiger partial charge in [-0.3, -0.25) is 9.59 Å². The van der Waals surface area contributed by atoms with Gasteiger partial charge in [0.25, 0.3) is 5.91 Å². The van der Waals surface area contributed by atoms with Crippen molar-refractivity contribution in [2.45, 2.75) is 25.0 Å². The Bertz CT molecular complexity index is 1120. The molecular weight excluding hydrogens is 430 g/mol. The standard InChI is InChI=1S/C27H31N3O4/c1-29-27(33)22-13-7-12-21(26(28)32)25(22)23(15-18-8-4-3-5-9-18)24(31)17-30-16-19-10-6-11-20(14-19)34-2/h3-14,23-24,30-31H,15-17H2,1-2H3,(H2,28,32)(H,29,33)/t23-,24+/m1/s1. The summed E-state index contributed by atoms with van der Waals surface area (Å²) in [6, 6.07) is 22.2. The average molecular weight is 462 g/mol. The number of rotatable bonds is 11. The second-order valence-electron chi connectivity index (χ2n) is 8.06. The molecule has 2 amide bonds. The molecule has 0 radical (unpaired) electrons. The highest BCUT2D eigenvalue weighted by molar-refractivity contribution is 6.01. The van der Waals surface area contributed by atoms with Crippen molar-refractivity contribution in [1.29, 1.82) is 0 Å². The molecule has 7 heteroatoms. The first-order valence-corrected chi connectivity index (χ1v) is 11.1. The third-order valence-corrected chi connectivity index (χ3v) is 5.79. The number of methoxy groups -OCH3 is 1. The lowest BCUT2D eigenvalue weighted by Crippen LogP contribution is -2.35. The van der Waals surface area contributed by atoms with E-state index in [0.29, 0.717) is 24.1 Å². The van der Waals surface area contributed by atoms with Crippen LogP contribution in [0.5, 0.6) is 5.75 Å². The number of nitrogens with one attached hydrogen (secondary N) is 2. The summed E-state index contributed by atoms with van der Waals surface area (Å²) in [5, 5.41) is 17.2. The van der Waals surface area contributed by atoms with E-state index in [4.69, 9.17) is 10.5 Å². The number of primary amides is 1. The average Bonchev–Trinajstić information content (AvgIpc) is 2.87. The monoisotopic (exact) mass is 461 g/mol. The molecule has 0 saturated carbocycles. The zero-order valence-corrected chi connectivity index (χ0v) is 19.5. The van der Waals surface area contributed by atoms with Crippen LogP contribution in [0.2, 0.25) is 0 Å². The van der Waals surface area contributed by atoms with Crippen LogP contribution in [0, 0.1) is 0 Å². The molecule has 7 nitrogen and oxygen atoms in total. The van der Waals surface area contributed by atoms with E-state index in [-0.39, 0.29) is 18.0 Å². The highest BCUT2D eigenvalue weighted by Gasteiger charge is 2.29. The highest BCUT2D eigenvalue weighted by atomic mass is 16.5. The van der Waals surface area contributed by atoms with Crippen molar-refractivity contribution in [3.05, 3.63) is 101 Å². The number of aliphatic hydroxyl groups excluding tert-OH is 1. The summed E-state index contributed by atoms with van der Waals surface area (Å²) >= 11 is 0. The molecule has 3 aromatic carbocycles. The van der Waals surface area contributed by atoms with Crippen molar-refractivity contribution in [1.82, 2.24) is 10.6 Å². The molecule has 0 aliphatic heterocycles. The Morgan fingerprint density at radius 3 is 2.32 bits per heavy atom. The zero-order valence-electron chi connectivity index (χ0n) is 19.5. The van der Waals surface area contributed by atoms with Gasteiger partial charge in [-0.1, -0.05) is 48.5 Å². The molecule has 3 rings (SSSR count). The van der Waals surface area contributed by atoms with E-state index in [9.17, 15) is 14.7 Å². The molecule has 0 aromatic heterocycles. The molecule has 0 heterocycles. The first kappa shape index (κ1) is 25.0. The van der Waals surface area contributed by atoms with Crippen molar-refractivity contribution in [3.63, 3.8) is 0 Å². The lowest BCUT2D eigenvalue weighted by molar-refractivity contribution is 0.0958. The number of hydrogen-bond acceptors (Lipinski definition) is 5. The van der Waals surface area contributed by atoms with Gasteiger partial charge >= 0.3 is 0 Å². The maximum Gasteiger partial charge on any atom is 0.251 e. The molecule has 178 valence electrons. The van der Waals surface area contributed by atoms with Crippen LogP contribution in [0.1, 0.15) is 43.3 Å². The van der Waals surface area contributed by atoms with Gasteiger partial charge in [-0.05, 0) is 47.4 Å². The van der Waals surface area contributed by atoms with Gasteiger partial charge < -0.3 is 26.2 Å². The van der Waals surface area contributed by atoms with Crippen molar-refractivity contribution < 1.29 is 19.4 Å². The number of nitrogens with two attached hydrogens (primary N) is 1. The minimum atomic E-state index is -0.894. The molecule has 5 N–H and O–H groups in total. The van der Waals surface area contributed by atoms with Crippen molar-refractivity contribution in [3.8, 4) is 5.75 Å². The van der Waals surface area contributed by atoms with E-state index < -0.39 is 17.9 Å². The van der Waals surface area contributed by atoms with E-state index in [1.54, 1.807) is 25.3 Å². The lowest BCUT2D eigenvalue weighted by atomic mass is 9.81. The van der Waals surface area contributed by atoms with Gasteiger partial charge in [0.15, 0.2) is 0 Å². The second kappa shape index (κ2) is 12.0. The Morgan fingerprint density at radius 1 is 0.971 bits per heavy atom. The maximum absolute atomic E-state index is 12.7. The Kier molecular flexibility index (Phi) is 8.79. The molecular formula is C27H31N3O4. The minimum absolute atomic E-state index is 0.230. The maximum atomic E-state index is 12.7. The molecule has 0 bridgehead atoms. The molecule has 0 saturated heterocycles. The van der Waals surface area contributed by atoms with Crippen LogP contribution in [-0.2, 0) is 13.0 Å². The van der Waals surface area contributed by atoms with E-state index in [1.165, 1.54) is 7.05 Å². The van der Waals surface area contributed by atoms with Crippen molar-refractivity contribution >= 4 is 11.8 Å². The van der Waals surface area contributed by atoms with Gasteiger partial charge in [0, 0.05) is 37.2 Å². The van der Waals surface area contributed by atoms with E-state index in [2.05, 4.69) is 10.6 Å². The van der Waals surface area contributed by atoms with Gasteiger partial charge in [-0.15, -0.1) is 0 Å². The molecule has 0 fully saturated rings. The highest BCUT2D eigenvalue weighted by Crippen LogP contribution is 2.31. The zero-order chi connectivity index (χ0) is 24.5. The minimum Gasteiger partial charge on any atom is -0.497 e. The summed E-state index contributed by atoms with van der Waals surface area (Å²) < 4.78 is 5.27. The lowest BCUT2D eigenvalue weighted by Gasteiger charge is -2.27. The number of amides is 2. The third-order valence-electron chi connectivity index (χ3n) is 5.79. The summed E-state index contributed by atoms with van der Waals surface area (Å²) in [4.78, 5) is 25.0. The SMILES string of the molecule is CNC(=O)c1cccc(C(N)=O)c1[C@H](Cc1ccccc1)[C@@H](O)CNCc1cccc(OC)c1. The second-order valence-corrected chi connectivity index (χ2v) is 8.06. The van der Waals surface area contributed by atoms with E-state index >= 15 is 0 Å². The van der Waals surface area contributed by atoms with Crippen LogP contribution in [0.3, 0.4) is 0 Å². The number of ether oxygens (including phenoxy) is 1. The Labute approximate surface area is 200 Å². The fourth-order valence-electron chi connectivity index (χ4n) is 4.10. The topological polar surface area (TPSA) is 114 Å². The Morgan fingerprint density at radius 2 is 1.65 bits per heavy atom. The molecule has 0 aliphatic rings. The van der Waals surface area contributed by atoms with Gasteiger partial charge in [-0.25, -0.2) is 0 Å². The summed E-state index contributed by atoms with van der Waals surface area (Å²) in [7, 11) is 3.14. The van der Waals surface area contributed by atoms with Crippen LogP contribution in [-0.4, -0.2) is 43.7 Å². The third kappa shape index (κ3) is 6.21. The predicted octanol–water partition coefficient (Wildman–Crippen LogP) is 2.63. The summed E-state index contributed by atoms with van der Waals surface area (Å²) in [6.45, 7) is 0.765. The fourth-order valence-corrected chi connectivity index (χ4v) is 4.10. The van der Waals surface area contributed by atoms with Crippen LogP contribution < -0.4 is 21.1 Å². The van der Waals surface area contributed by atoms with Crippen LogP contribution in [0.25, 0.3) is 0 Å².